The first-order valence-electron chi connectivity index (χ1n) is 5.75. The minimum atomic E-state index is -0.855. The molecule has 0 radical (unpaired) electrons. The molecule has 0 spiro atoms. The molecule has 2 aromatic rings. The Morgan fingerprint density at radius 2 is 2.05 bits per heavy atom. The second-order valence-electron chi connectivity index (χ2n) is 4.30. The summed E-state index contributed by atoms with van der Waals surface area (Å²) in [6.45, 7) is 1.80. The van der Waals surface area contributed by atoms with Crippen molar-refractivity contribution in [3.63, 3.8) is 0 Å². The van der Waals surface area contributed by atoms with Crippen LogP contribution in [0.3, 0.4) is 0 Å². The van der Waals surface area contributed by atoms with Gasteiger partial charge in [-0.15, -0.1) is 0 Å². The topological polar surface area (TPSA) is 50.4 Å². The zero-order chi connectivity index (χ0) is 14.0. The van der Waals surface area contributed by atoms with Crippen LogP contribution in [0.2, 0.25) is 10.0 Å². The third-order valence-corrected chi connectivity index (χ3v) is 3.63. The molecule has 1 atom stereocenters. The zero-order valence-electron chi connectivity index (χ0n) is 10.2. The average molecular weight is 299 g/mol. The van der Waals surface area contributed by atoms with Gasteiger partial charge in [0.15, 0.2) is 0 Å². The normalized spacial score (nSPS) is 12.4. The molecule has 1 aromatic carbocycles. The van der Waals surface area contributed by atoms with Gasteiger partial charge in [0, 0.05) is 11.5 Å². The van der Waals surface area contributed by atoms with Crippen LogP contribution in [-0.2, 0) is 4.79 Å². The fraction of sp³-hybridized carbons (Fsp3) is 0.214. The Morgan fingerprint density at radius 3 is 2.74 bits per heavy atom. The Balaban J connectivity index is 2.30. The van der Waals surface area contributed by atoms with Crippen molar-refractivity contribution in [1.29, 1.82) is 0 Å². The van der Waals surface area contributed by atoms with Crippen LogP contribution in [0.4, 0.5) is 0 Å². The van der Waals surface area contributed by atoms with Gasteiger partial charge in [-0.05, 0) is 24.3 Å². The molecule has 0 saturated carbocycles. The molecule has 0 aliphatic carbocycles. The maximum atomic E-state index is 10.7. The van der Waals surface area contributed by atoms with E-state index in [9.17, 15) is 4.79 Å². The molecule has 0 aliphatic rings. The molecule has 1 aromatic heterocycles. The van der Waals surface area contributed by atoms with E-state index in [0.717, 1.165) is 0 Å². The molecule has 2 rings (SSSR count). The third-order valence-electron chi connectivity index (χ3n) is 2.81. The number of carbonyl (C=O) groups is 1. The fourth-order valence-electron chi connectivity index (χ4n) is 1.82. The number of carboxylic acid groups (broad SMARTS) is 1. The summed E-state index contributed by atoms with van der Waals surface area (Å²) in [6.07, 6.45) is 0.0240. The summed E-state index contributed by atoms with van der Waals surface area (Å²) in [7, 11) is 0. The van der Waals surface area contributed by atoms with Gasteiger partial charge < -0.3 is 9.52 Å². The molecular formula is C14H12Cl2O3. The van der Waals surface area contributed by atoms with Crippen LogP contribution in [0.15, 0.2) is 34.7 Å². The molecule has 0 aliphatic heterocycles. The first kappa shape index (κ1) is 14.0. The number of rotatable bonds is 4. The van der Waals surface area contributed by atoms with Crippen LogP contribution in [0.5, 0.6) is 0 Å². The maximum Gasteiger partial charge on any atom is 0.304 e. The Labute approximate surface area is 120 Å². The van der Waals surface area contributed by atoms with Gasteiger partial charge in [-0.1, -0.05) is 36.2 Å². The lowest BCUT2D eigenvalue weighted by atomic mass is 10.1. The minimum absolute atomic E-state index is 0.0240. The molecule has 1 N–H and O–H groups in total. The van der Waals surface area contributed by atoms with E-state index < -0.39 is 5.97 Å². The third kappa shape index (κ3) is 3.11. The lowest BCUT2D eigenvalue weighted by Crippen LogP contribution is -2.01. The van der Waals surface area contributed by atoms with Gasteiger partial charge in [-0.3, -0.25) is 4.79 Å². The predicted molar refractivity (Wildman–Crippen MR) is 74.8 cm³/mol. The predicted octanol–water partition coefficient (Wildman–Crippen LogP) is 4.83. The highest BCUT2D eigenvalue weighted by atomic mass is 35.5. The number of halogens is 2. The van der Waals surface area contributed by atoms with Crippen LogP contribution in [0, 0.1) is 0 Å². The van der Waals surface area contributed by atoms with Gasteiger partial charge in [0.1, 0.15) is 11.5 Å². The van der Waals surface area contributed by atoms with Crippen molar-refractivity contribution >= 4 is 29.2 Å². The molecule has 100 valence electrons. The molecule has 0 amide bonds. The second kappa shape index (κ2) is 5.68. The minimum Gasteiger partial charge on any atom is -0.481 e. The zero-order valence-corrected chi connectivity index (χ0v) is 11.7. The Hall–Kier alpha value is -1.45. The first-order valence-corrected chi connectivity index (χ1v) is 6.50. The summed E-state index contributed by atoms with van der Waals surface area (Å²) < 4.78 is 5.66. The van der Waals surface area contributed by atoms with Gasteiger partial charge in [-0.2, -0.15) is 0 Å². The average Bonchev–Trinajstić information content (AvgIpc) is 2.81. The Morgan fingerprint density at radius 1 is 1.32 bits per heavy atom. The summed E-state index contributed by atoms with van der Waals surface area (Å²) in [5, 5.41) is 9.65. The molecule has 3 nitrogen and oxygen atoms in total. The Bertz CT molecular complexity index is 604. The first-order chi connectivity index (χ1) is 8.99. The highest BCUT2D eigenvalue weighted by Crippen LogP contribution is 2.35. The molecular weight excluding hydrogens is 287 g/mol. The van der Waals surface area contributed by atoms with E-state index >= 15 is 0 Å². The van der Waals surface area contributed by atoms with E-state index in [4.69, 9.17) is 32.7 Å². The molecule has 0 bridgehead atoms. The molecule has 0 fully saturated rings. The highest BCUT2D eigenvalue weighted by Gasteiger charge is 2.16. The van der Waals surface area contributed by atoms with Gasteiger partial charge in [0.05, 0.1) is 16.5 Å². The lowest BCUT2D eigenvalue weighted by Gasteiger charge is -2.05. The maximum absolute atomic E-state index is 10.7. The van der Waals surface area contributed by atoms with Crippen molar-refractivity contribution in [3.8, 4) is 11.3 Å². The monoisotopic (exact) mass is 298 g/mol. The molecule has 19 heavy (non-hydrogen) atoms. The summed E-state index contributed by atoms with van der Waals surface area (Å²) >= 11 is 12.1. The van der Waals surface area contributed by atoms with Crippen molar-refractivity contribution in [2.45, 2.75) is 19.3 Å². The van der Waals surface area contributed by atoms with Crippen LogP contribution < -0.4 is 0 Å². The van der Waals surface area contributed by atoms with E-state index in [1.807, 2.05) is 0 Å². The van der Waals surface area contributed by atoms with Crippen molar-refractivity contribution in [1.82, 2.24) is 0 Å². The number of hydrogen-bond donors (Lipinski definition) is 1. The van der Waals surface area contributed by atoms with Crippen molar-refractivity contribution in [3.05, 3.63) is 46.1 Å². The number of benzene rings is 1. The summed E-state index contributed by atoms with van der Waals surface area (Å²) in [5.74, 6) is 0.156. The van der Waals surface area contributed by atoms with E-state index in [1.165, 1.54) is 0 Å². The standard InChI is InChI=1S/C14H12Cl2O3/c1-8(7-13(17)18)11-5-6-12(19-11)9-3-2-4-10(15)14(9)16/h2-6,8H,7H2,1H3,(H,17,18). The van der Waals surface area contributed by atoms with Crippen LogP contribution in [0.25, 0.3) is 11.3 Å². The molecule has 0 saturated heterocycles. The van der Waals surface area contributed by atoms with E-state index in [0.29, 0.717) is 27.1 Å². The van der Waals surface area contributed by atoms with Crippen molar-refractivity contribution < 1.29 is 14.3 Å². The van der Waals surface area contributed by atoms with E-state index in [2.05, 4.69) is 0 Å². The van der Waals surface area contributed by atoms with E-state index in [-0.39, 0.29) is 12.3 Å². The van der Waals surface area contributed by atoms with Gasteiger partial charge in [0.25, 0.3) is 0 Å². The quantitative estimate of drug-likeness (QED) is 0.879. The number of hydrogen-bond acceptors (Lipinski definition) is 2. The van der Waals surface area contributed by atoms with Crippen LogP contribution >= 0.6 is 23.2 Å². The van der Waals surface area contributed by atoms with Gasteiger partial charge >= 0.3 is 5.97 Å². The SMILES string of the molecule is CC(CC(=O)O)c1ccc(-c2cccc(Cl)c2Cl)o1. The van der Waals surface area contributed by atoms with Gasteiger partial charge in [0.2, 0.25) is 0 Å². The second-order valence-corrected chi connectivity index (χ2v) is 5.09. The van der Waals surface area contributed by atoms with Crippen LogP contribution in [-0.4, -0.2) is 11.1 Å². The molecule has 1 unspecified atom stereocenters. The number of aliphatic carboxylic acids is 1. The summed E-state index contributed by atoms with van der Waals surface area (Å²) in [5.41, 5.74) is 0.697. The van der Waals surface area contributed by atoms with E-state index in [1.54, 1.807) is 37.3 Å². The summed E-state index contributed by atoms with van der Waals surface area (Å²) in [4.78, 5) is 10.7. The smallest absolute Gasteiger partial charge is 0.304 e. The van der Waals surface area contributed by atoms with Crippen molar-refractivity contribution in [2.75, 3.05) is 0 Å². The number of furan rings is 1. The van der Waals surface area contributed by atoms with Crippen molar-refractivity contribution in [2.24, 2.45) is 0 Å². The summed E-state index contributed by atoms with van der Waals surface area (Å²) in [6, 6.07) is 8.82. The Kier molecular flexibility index (Phi) is 4.17. The largest absolute Gasteiger partial charge is 0.481 e. The van der Waals surface area contributed by atoms with Gasteiger partial charge in [-0.25, -0.2) is 0 Å². The lowest BCUT2D eigenvalue weighted by molar-refractivity contribution is -0.137. The highest BCUT2D eigenvalue weighted by molar-refractivity contribution is 6.43. The fourth-order valence-corrected chi connectivity index (χ4v) is 2.21. The molecule has 5 heteroatoms. The van der Waals surface area contributed by atoms with Crippen LogP contribution in [0.1, 0.15) is 25.0 Å². The molecule has 1 heterocycles. The number of carboxylic acids is 1.